The van der Waals surface area contributed by atoms with Crippen molar-refractivity contribution in [2.45, 2.75) is 58.0 Å². The number of fused-ring (bicyclic) bond motifs is 1. The Morgan fingerprint density at radius 1 is 1.17 bits per heavy atom. The number of aromatic nitrogens is 1. The van der Waals surface area contributed by atoms with Gasteiger partial charge in [0.1, 0.15) is 11.9 Å². The zero-order chi connectivity index (χ0) is 24.4. The van der Waals surface area contributed by atoms with E-state index in [1.165, 1.54) is 35.5 Å². The highest BCUT2D eigenvalue weighted by Gasteiger charge is 2.44. The first-order chi connectivity index (χ1) is 17.0. The van der Waals surface area contributed by atoms with Gasteiger partial charge in [-0.2, -0.15) is 0 Å². The van der Waals surface area contributed by atoms with Crippen LogP contribution in [0.2, 0.25) is 0 Å². The molecule has 1 aromatic heterocycles. The molecule has 3 atom stereocenters. The van der Waals surface area contributed by atoms with Crippen LogP contribution in [0.5, 0.6) is 0 Å². The molecule has 5 rings (SSSR count). The Hall–Kier alpha value is -3.09. The van der Waals surface area contributed by atoms with Gasteiger partial charge in [-0.1, -0.05) is 30.9 Å². The normalized spacial score (nSPS) is 27.3. The Bertz CT molecular complexity index is 1180. The lowest BCUT2D eigenvalue weighted by Gasteiger charge is -2.39. The molecule has 3 aliphatic heterocycles. The number of piperidine rings is 1. The molecule has 3 amide bonds. The molecule has 2 saturated heterocycles. The third-order valence-corrected chi connectivity index (χ3v) is 7.80. The zero-order valence-corrected chi connectivity index (χ0v) is 20.6. The summed E-state index contributed by atoms with van der Waals surface area (Å²) in [5, 5.41) is 3.08. The van der Waals surface area contributed by atoms with Gasteiger partial charge in [-0.3, -0.25) is 29.5 Å². The molecular weight excluding hydrogens is 462 g/mol. The van der Waals surface area contributed by atoms with Crippen LogP contribution in [0.3, 0.4) is 0 Å². The maximum absolute atomic E-state index is 13.6. The summed E-state index contributed by atoms with van der Waals surface area (Å²) >= 11 is 1.60. The van der Waals surface area contributed by atoms with Crippen LogP contribution >= 0.6 is 11.3 Å². The molecule has 0 spiro atoms. The SMILES string of the molecule is CC1=NC2=CC=CC(C#Cc3ncc(CN4CCCCCC4)s3)C2C(=O)N1C1CCC(=O)NC1=O. The van der Waals surface area contributed by atoms with E-state index < -0.39 is 17.9 Å². The Kier molecular flexibility index (Phi) is 6.93. The number of hydrogen-bond acceptors (Lipinski definition) is 7. The maximum Gasteiger partial charge on any atom is 0.249 e. The van der Waals surface area contributed by atoms with Crippen molar-refractivity contribution in [1.82, 2.24) is 20.1 Å². The van der Waals surface area contributed by atoms with E-state index in [1.807, 2.05) is 24.4 Å². The van der Waals surface area contributed by atoms with Crippen LogP contribution in [0.1, 0.15) is 55.3 Å². The number of imide groups is 1. The van der Waals surface area contributed by atoms with E-state index in [9.17, 15) is 14.4 Å². The van der Waals surface area contributed by atoms with E-state index >= 15 is 0 Å². The number of carbonyl (C=O) groups is 3. The molecule has 0 bridgehead atoms. The van der Waals surface area contributed by atoms with Crippen molar-refractivity contribution in [2.24, 2.45) is 16.8 Å². The topological polar surface area (TPSA) is 95.0 Å². The predicted octanol–water partition coefficient (Wildman–Crippen LogP) is 2.62. The fourth-order valence-electron chi connectivity index (χ4n) is 5.15. The van der Waals surface area contributed by atoms with Crippen LogP contribution < -0.4 is 5.32 Å². The summed E-state index contributed by atoms with van der Waals surface area (Å²) in [6, 6.07) is -0.731. The lowest BCUT2D eigenvalue weighted by Crippen LogP contribution is -2.59. The van der Waals surface area contributed by atoms with Crippen LogP contribution in [-0.4, -0.2) is 57.5 Å². The second kappa shape index (κ2) is 10.3. The first kappa shape index (κ1) is 23.6. The highest BCUT2D eigenvalue weighted by atomic mass is 32.1. The van der Waals surface area contributed by atoms with Crippen molar-refractivity contribution in [3.63, 3.8) is 0 Å². The van der Waals surface area contributed by atoms with Gasteiger partial charge in [0, 0.05) is 24.0 Å². The number of allylic oxidation sites excluding steroid dienone is 3. The highest BCUT2D eigenvalue weighted by molar-refractivity contribution is 7.12. The van der Waals surface area contributed by atoms with Crippen molar-refractivity contribution in [3.05, 3.63) is 40.0 Å². The number of likely N-dealkylation sites (tertiary alicyclic amines) is 1. The minimum Gasteiger partial charge on any atom is -0.298 e. The van der Waals surface area contributed by atoms with Gasteiger partial charge in [0.25, 0.3) is 0 Å². The first-order valence-electron chi connectivity index (χ1n) is 12.3. The van der Waals surface area contributed by atoms with Gasteiger partial charge in [0.2, 0.25) is 17.7 Å². The zero-order valence-electron chi connectivity index (χ0n) is 19.8. The summed E-state index contributed by atoms with van der Waals surface area (Å²) in [4.78, 5) is 51.9. The van der Waals surface area contributed by atoms with Crippen molar-refractivity contribution in [3.8, 4) is 11.8 Å². The molecule has 1 aromatic rings. The van der Waals surface area contributed by atoms with Crippen molar-refractivity contribution >= 4 is 34.9 Å². The predicted molar refractivity (Wildman–Crippen MR) is 133 cm³/mol. The summed E-state index contributed by atoms with van der Waals surface area (Å²) in [5.74, 6) is 4.95. The van der Waals surface area contributed by atoms with E-state index in [2.05, 4.69) is 32.0 Å². The summed E-state index contributed by atoms with van der Waals surface area (Å²) < 4.78 is 0. The molecule has 1 aliphatic carbocycles. The lowest BCUT2D eigenvalue weighted by molar-refractivity contribution is -0.144. The minimum atomic E-state index is -0.731. The Balaban J connectivity index is 1.32. The van der Waals surface area contributed by atoms with E-state index in [-0.39, 0.29) is 24.2 Å². The van der Waals surface area contributed by atoms with Gasteiger partial charge in [0.15, 0.2) is 5.01 Å². The van der Waals surface area contributed by atoms with Gasteiger partial charge in [-0.25, -0.2) is 9.98 Å². The smallest absolute Gasteiger partial charge is 0.249 e. The van der Waals surface area contributed by atoms with Gasteiger partial charge in [-0.05, 0) is 51.3 Å². The Morgan fingerprint density at radius 3 is 2.74 bits per heavy atom. The van der Waals surface area contributed by atoms with Crippen molar-refractivity contribution < 1.29 is 14.4 Å². The van der Waals surface area contributed by atoms with E-state index in [0.29, 0.717) is 18.0 Å². The Labute approximate surface area is 209 Å². The molecule has 1 N–H and O–H groups in total. The molecular formula is C26H29N5O3S. The average Bonchev–Trinajstić information content (AvgIpc) is 3.11. The average molecular weight is 492 g/mol. The standard InChI is InChI=1S/C26H29N5O3S/c1-17-28-20-8-6-7-18(24(20)26(34)31(17)21-10-11-22(32)29-25(21)33)9-12-23-27-15-19(35-23)16-30-13-4-2-3-5-14-30/h6-8,15,18,21,24H,2-5,10-11,13-14,16H2,1H3,(H,29,32,33). The number of amidine groups is 1. The molecule has 8 nitrogen and oxygen atoms in total. The summed E-state index contributed by atoms with van der Waals surface area (Å²) in [7, 11) is 0. The number of amides is 3. The summed E-state index contributed by atoms with van der Waals surface area (Å²) in [6.45, 7) is 4.90. The molecule has 35 heavy (non-hydrogen) atoms. The molecule has 4 aliphatic rings. The van der Waals surface area contributed by atoms with Crippen molar-refractivity contribution in [1.29, 1.82) is 0 Å². The van der Waals surface area contributed by atoms with E-state index in [1.54, 1.807) is 18.3 Å². The van der Waals surface area contributed by atoms with Crippen LogP contribution in [0.25, 0.3) is 0 Å². The number of aliphatic imine (C=N–C) groups is 1. The second-order valence-corrected chi connectivity index (χ2v) is 10.5. The third-order valence-electron chi connectivity index (χ3n) is 6.91. The first-order valence-corrected chi connectivity index (χ1v) is 13.1. The molecule has 2 fully saturated rings. The molecule has 0 aromatic carbocycles. The van der Waals surface area contributed by atoms with Crippen LogP contribution in [0.4, 0.5) is 0 Å². The van der Waals surface area contributed by atoms with Crippen LogP contribution in [0, 0.1) is 23.7 Å². The summed E-state index contributed by atoms with van der Waals surface area (Å²) in [6.07, 6.45) is 13.1. The number of nitrogens with zero attached hydrogens (tertiary/aromatic N) is 4. The number of thiazole rings is 1. The number of nitrogens with one attached hydrogen (secondary N) is 1. The van der Waals surface area contributed by atoms with Crippen molar-refractivity contribution in [2.75, 3.05) is 13.1 Å². The fourth-order valence-corrected chi connectivity index (χ4v) is 5.96. The molecule has 3 unspecified atom stereocenters. The number of rotatable bonds is 3. The molecule has 182 valence electrons. The molecule has 4 heterocycles. The fraction of sp³-hybridized carbons (Fsp3) is 0.500. The van der Waals surface area contributed by atoms with Gasteiger partial charge < -0.3 is 0 Å². The lowest BCUT2D eigenvalue weighted by atomic mass is 9.83. The second-order valence-electron chi connectivity index (χ2n) is 9.41. The minimum absolute atomic E-state index is 0.202. The maximum atomic E-state index is 13.6. The largest absolute Gasteiger partial charge is 0.298 e. The van der Waals surface area contributed by atoms with Gasteiger partial charge in [0.05, 0.1) is 17.5 Å². The van der Waals surface area contributed by atoms with E-state index in [4.69, 9.17) is 0 Å². The van der Waals surface area contributed by atoms with Crippen LogP contribution in [0.15, 0.2) is 35.1 Å². The third kappa shape index (κ3) is 5.14. The molecule has 9 heteroatoms. The number of carbonyl (C=O) groups excluding carboxylic acids is 3. The quantitative estimate of drug-likeness (QED) is 0.518. The Morgan fingerprint density at radius 2 is 1.97 bits per heavy atom. The molecule has 0 radical (unpaired) electrons. The summed E-state index contributed by atoms with van der Waals surface area (Å²) in [5.41, 5.74) is 0.652. The monoisotopic (exact) mass is 491 g/mol. The van der Waals surface area contributed by atoms with E-state index in [0.717, 1.165) is 24.6 Å². The highest BCUT2D eigenvalue weighted by Crippen LogP contribution is 2.34. The van der Waals surface area contributed by atoms with Gasteiger partial charge in [-0.15, -0.1) is 11.3 Å². The van der Waals surface area contributed by atoms with Crippen LogP contribution in [-0.2, 0) is 20.9 Å². The molecule has 0 saturated carbocycles. The number of hydrogen-bond donors (Lipinski definition) is 1. The van der Waals surface area contributed by atoms with Gasteiger partial charge >= 0.3 is 0 Å².